The first kappa shape index (κ1) is 12.3. The molecular weight excluding hydrogens is 200 g/mol. The molecule has 3 heteroatoms. The Morgan fingerprint density at radius 3 is 2.69 bits per heavy atom. The molecule has 3 nitrogen and oxygen atoms in total. The molecular formula is C13H26N2O. The van der Waals surface area contributed by atoms with Crippen LogP contribution in [0.2, 0.25) is 0 Å². The van der Waals surface area contributed by atoms with Gasteiger partial charge in [0, 0.05) is 6.04 Å². The molecule has 0 radical (unpaired) electrons. The van der Waals surface area contributed by atoms with Crippen LogP contribution in [0.25, 0.3) is 0 Å². The lowest BCUT2D eigenvalue weighted by molar-refractivity contribution is -0.120. The summed E-state index contributed by atoms with van der Waals surface area (Å²) < 4.78 is 6.19. The molecule has 2 fully saturated rings. The highest BCUT2D eigenvalue weighted by Crippen LogP contribution is 2.38. The smallest absolute Gasteiger partial charge is 0.0695 e. The number of nitrogens with two attached hydrogens (primary N) is 1. The molecule has 2 N–H and O–H groups in total. The van der Waals surface area contributed by atoms with E-state index in [2.05, 4.69) is 11.9 Å². The van der Waals surface area contributed by atoms with Gasteiger partial charge in [-0.15, -0.1) is 0 Å². The van der Waals surface area contributed by atoms with Crippen LogP contribution in [-0.2, 0) is 4.74 Å². The van der Waals surface area contributed by atoms with E-state index in [1.165, 1.54) is 45.1 Å². The fourth-order valence-electron chi connectivity index (χ4n) is 2.93. The summed E-state index contributed by atoms with van der Waals surface area (Å²) in [5.41, 5.74) is 5.83. The number of likely N-dealkylation sites (tertiary alicyclic amines) is 1. The third kappa shape index (κ3) is 2.76. The predicted octanol–water partition coefficient (Wildman–Crippen LogP) is 1.76. The van der Waals surface area contributed by atoms with Crippen LogP contribution in [0, 0.1) is 0 Å². The van der Waals surface area contributed by atoms with Crippen molar-refractivity contribution in [1.29, 1.82) is 0 Å². The van der Waals surface area contributed by atoms with Gasteiger partial charge in [-0.2, -0.15) is 0 Å². The highest BCUT2D eigenvalue weighted by atomic mass is 16.5. The minimum Gasteiger partial charge on any atom is -0.373 e. The zero-order valence-corrected chi connectivity index (χ0v) is 10.6. The Labute approximate surface area is 99.3 Å². The number of piperidine rings is 1. The zero-order valence-electron chi connectivity index (χ0n) is 10.6. The average Bonchev–Trinajstić information content (AvgIpc) is 2.24. The van der Waals surface area contributed by atoms with E-state index in [9.17, 15) is 0 Å². The van der Waals surface area contributed by atoms with E-state index >= 15 is 0 Å². The van der Waals surface area contributed by atoms with Crippen molar-refractivity contribution in [2.75, 3.05) is 26.7 Å². The van der Waals surface area contributed by atoms with Gasteiger partial charge in [0.1, 0.15) is 0 Å². The molecule has 0 bridgehead atoms. The minimum atomic E-state index is 0.160. The topological polar surface area (TPSA) is 38.5 Å². The molecule has 16 heavy (non-hydrogen) atoms. The number of likely N-dealkylation sites (N-methyl/N-ethyl adjacent to an activating group) is 1. The van der Waals surface area contributed by atoms with Crippen LogP contribution >= 0.6 is 0 Å². The van der Waals surface area contributed by atoms with Crippen molar-refractivity contribution >= 4 is 0 Å². The van der Waals surface area contributed by atoms with Gasteiger partial charge in [-0.05, 0) is 58.7 Å². The van der Waals surface area contributed by atoms with Crippen LogP contribution in [0.3, 0.4) is 0 Å². The quantitative estimate of drug-likeness (QED) is 0.776. The van der Waals surface area contributed by atoms with Crippen molar-refractivity contribution in [3.05, 3.63) is 0 Å². The first-order valence-electron chi connectivity index (χ1n) is 6.80. The Hall–Kier alpha value is -0.120. The van der Waals surface area contributed by atoms with Gasteiger partial charge >= 0.3 is 0 Å². The molecule has 0 aromatic rings. The third-order valence-electron chi connectivity index (χ3n) is 4.37. The molecule has 0 spiro atoms. The number of nitrogens with zero attached hydrogens (tertiary/aromatic N) is 1. The molecule has 94 valence electrons. The van der Waals surface area contributed by atoms with E-state index in [1.807, 2.05) is 0 Å². The van der Waals surface area contributed by atoms with E-state index in [-0.39, 0.29) is 5.60 Å². The minimum absolute atomic E-state index is 0.160. The summed E-state index contributed by atoms with van der Waals surface area (Å²) in [6.07, 6.45) is 8.82. The van der Waals surface area contributed by atoms with Gasteiger partial charge in [0.25, 0.3) is 0 Å². The van der Waals surface area contributed by atoms with Crippen molar-refractivity contribution in [1.82, 2.24) is 4.90 Å². The molecule has 1 heterocycles. The van der Waals surface area contributed by atoms with E-state index in [4.69, 9.17) is 10.5 Å². The number of hydrogen-bond donors (Lipinski definition) is 1. The molecule has 2 aliphatic rings. The summed E-state index contributed by atoms with van der Waals surface area (Å²) in [4.78, 5) is 2.46. The summed E-state index contributed by atoms with van der Waals surface area (Å²) >= 11 is 0. The lowest BCUT2D eigenvalue weighted by Crippen LogP contribution is -2.47. The largest absolute Gasteiger partial charge is 0.373 e. The summed E-state index contributed by atoms with van der Waals surface area (Å²) in [6, 6.07) is 0.643. The Bertz CT molecular complexity index is 216. The summed E-state index contributed by atoms with van der Waals surface area (Å²) in [5, 5.41) is 0. The molecule has 1 aliphatic carbocycles. The second-order valence-corrected chi connectivity index (χ2v) is 5.52. The standard InChI is InChI=1S/C13H26N2O/c1-15-10-3-2-5-12(15)11-16-13(8-9-14)6-4-7-13/h12H,2-11,14H2,1H3. The third-order valence-corrected chi connectivity index (χ3v) is 4.37. The van der Waals surface area contributed by atoms with Crippen molar-refractivity contribution in [3.63, 3.8) is 0 Å². The molecule has 1 saturated carbocycles. The fraction of sp³-hybridized carbons (Fsp3) is 1.00. The highest BCUT2D eigenvalue weighted by Gasteiger charge is 2.38. The van der Waals surface area contributed by atoms with Gasteiger partial charge < -0.3 is 15.4 Å². The normalized spacial score (nSPS) is 30.0. The first-order valence-corrected chi connectivity index (χ1v) is 6.80. The van der Waals surface area contributed by atoms with E-state index in [1.54, 1.807) is 0 Å². The van der Waals surface area contributed by atoms with Gasteiger partial charge in [0.05, 0.1) is 12.2 Å². The Morgan fingerprint density at radius 1 is 1.31 bits per heavy atom. The van der Waals surface area contributed by atoms with E-state index in [0.717, 1.165) is 19.6 Å². The molecule has 2 rings (SSSR count). The lowest BCUT2D eigenvalue weighted by atomic mass is 9.77. The van der Waals surface area contributed by atoms with Crippen molar-refractivity contribution in [2.45, 2.75) is 56.6 Å². The number of hydrogen-bond acceptors (Lipinski definition) is 3. The molecule has 1 aliphatic heterocycles. The second-order valence-electron chi connectivity index (χ2n) is 5.52. The summed E-state index contributed by atoms with van der Waals surface area (Å²) in [6.45, 7) is 2.91. The predicted molar refractivity (Wildman–Crippen MR) is 66.5 cm³/mol. The molecule has 1 unspecified atom stereocenters. The first-order chi connectivity index (χ1) is 7.76. The van der Waals surface area contributed by atoms with Crippen molar-refractivity contribution in [3.8, 4) is 0 Å². The molecule has 0 aromatic carbocycles. The van der Waals surface area contributed by atoms with Gasteiger partial charge in [-0.25, -0.2) is 0 Å². The van der Waals surface area contributed by atoms with Crippen LogP contribution in [0.15, 0.2) is 0 Å². The highest BCUT2D eigenvalue weighted by molar-refractivity contribution is 4.90. The zero-order chi connectivity index (χ0) is 11.4. The molecule has 0 aromatic heterocycles. The maximum atomic E-state index is 6.19. The van der Waals surface area contributed by atoms with Crippen molar-refractivity contribution in [2.24, 2.45) is 5.73 Å². The summed E-state index contributed by atoms with van der Waals surface area (Å²) in [5.74, 6) is 0. The SMILES string of the molecule is CN1CCCCC1COC1(CCN)CCC1. The van der Waals surface area contributed by atoms with Gasteiger partial charge in [-0.1, -0.05) is 6.42 Å². The van der Waals surface area contributed by atoms with Gasteiger partial charge in [0.15, 0.2) is 0 Å². The van der Waals surface area contributed by atoms with E-state index < -0.39 is 0 Å². The summed E-state index contributed by atoms with van der Waals surface area (Å²) in [7, 11) is 2.23. The van der Waals surface area contributed by atoms with Gasteiger partial charge in [-0.3, -0.25) is 0 Å². The Balaban J connectivity index is 1.76. The fourth-order valence-corrected chi connectivity index (χ4v) is 2.93. The van der Waals surface area contributed by atoms with Crippen molar-refractivity contribution < 1.29 is 4.74 Å². The van der Waals surface area contributed by atoms with Crippen LogP contribution in [0.5, 0.6) is 0 Å². The Kier molecular flexibility index (Phi) is 4.22. The Morgan fingerprint density at radius 2 is 2.12 bits per heavy atom. The maximum absolute atomic E-state index is 6.19. The molecule has 0 amide bonds. The lowest BCUT2D eigenvalue weighted by Gasteiger charge is -2.44. The molecule has 1 atom stereocenters. The second kappa shape index (κ2) is 5.48. The number of rotatable bonds is 5. The van der Waals surface area contributed by atoms with Gasteiger partial charge in [0.2, 0.25) is 0 Å². The van der Waals surface area contributed by atoms with Crippen LogP contribution < -0.4 is 5.73 Å². The molecule has 1 saturated heterocycles. The monoisotopic (exact) mass is 226 g/mol. The number of ether oxygens (including phenoxy) is 1. The van der Waals surface area contributed by atoms with Crippen LogP contribution in [0.1, 0.15) is 44.9 Å². The van der Waals surface area contributed by atoms with E-state index in [0.29, 0.717) is 6.04 Å². The van der Waals surface area contributed by atoms with Crippen LogP contribution in [-0.4, -0.2) is 43.3 Å². The van der Waals surface area contributed by atoms with Crippen LogP contribution in [0.4, 0.5) is 0 Å². The maximum Gasteiger partial charge on any atom is 0.0695 e. The average molecular weight is 226 g/mol.